The van der Waals surface area contributed by atoms with Crippen LogP contribution in [0.1, 0.15) is 29.5 Å². The normalized spacial score (nSPS) is 18.3. The summed E-state index contributed by atoms with van der Waals surface area (Å²) in [6.45, 7) is 0.873. The first-order chi connectivity index (χ1) is 16.1. The van der Waals surface area contributed by atoms with Crippen LogP contribution in [-0.2, 0) is 15.8 Å². The predicted molar refractivity (Wildman–Crippen MR) is 115 cm³/mol. The van der Waals surface area contributed by atoms with Gasteiger partial charge in [0.05, 0.1) is 35.4 Å². The third kappa shape index (κ3) is 4.63. The lowest BCUT2D eigenvalue weighted by Crippen LogP contribution is -2.50. The van der Waals surface area contributed by atoms with E-state index < -0.39 is 42.0 Å². The Hall–Kier alpha value is -4.15. The second-order valence-electron chi connectivity index (χ2n) is 7.54. The quantitative estimate of drug-likeness (QED) is 0.654. The average molecular weight is 468 g/mol. The predicted octanol–water partition coefficient (Wildman–Crippen LogP) is 3.23. The van der Waals surface area contributed by atoms with E-state index in [0.717, 1.165) is 23.1 Å². The highest BCUT2D eigenvalue weighted by molar-refractivity contribution is 6.12. The molecule has 7 nitrogen and oxygen atoms in total. The number of halogens is 3. The monoisotopic (exact) mass is 468 g/mol. The molecule has 34 heavy (non-hydrogen) atoms. The fourth-order valence-corrected chi connectivity index (χ4v) is 3.93. The molecule has 1 aliphatic rings. The Balaban J connectivity index is 2.21. The van der Waals surface area contributed by atoms with E-state index in [1.54, 1.807) is 0 Å². The largest absolute Gasteiger partial charge is 0.416 e. The maximum Gasteiger partial charge on any atom is 0.416 e. The lowest BCUT2D eigenvalue weighted by molar-refractivity contribution is -0.138. The fraction of sp³-hybridized carbons (Fsp3) is 0.250. The van der Waals surface area contributed by atoms with Crippen molar-refractivity contribution in [3.63, 3.8) is 0 Å². The summed E-state index contributed by atoms with van der Waals surface area (Å²) in [4.78, 5) is 27.5. The minimum atomic E-state index is -4.66. The van der Waals surface area contributed by atoms with E-state index >= 15 is 0 Å². The first-order valence-electron chi connectivity index (χ1n) is 10.1. The minimum absolute atomic E-state index is 0.0193. The van der Waals surface area contributed by atoms with Crippen LogP contribution in [0, 0.1) is 28.6 Å². The van der Waals surface area contributed by atoms with Gasteiger partial charge in [0.2, 0.25) is 11.8 Å². The molecule has 10 heteroatoms. The topological polar surface area (TPSA) is 117 Å². The molecule has 174 valence electrons. The molecule has 2 amide bonds. The number of alkyl halides is 3. The molecule has 0 saturated heterocycles. The Morgan fingerprint density at radius 3 is 2.38 bits per heavy atom. The van der Waals surface area contributed by atoms with Crippen LogP contribution in [0.2, 0.25) is 0 Å². The van der Waals surface area contributed by atoms with Gasteiger partial charge in [0.25, 0.3) is 0 Å². The Kier molecular flexibility index (Phi) is 7.04. The molecule has 0 bridgehead atoms. The van der Waals surface area contributed by atoms with E-state index in [2.05, 4.69) is 5.32 Å². The molecule has 2 atom stereocenters. The minimum Gasteiger partial charge on any atom is -0.395 e. The van der Waals surface area contributed by atoms with Crippen LogP contribution in [0.5, 0.6) is 0 Å². The van der Waals surface area contributed by atoms with Crippen molar-refractivity contribution in [2.75, 3.05) is 18.1 Å². The van der Waals surface area contributed by atoms with Gasteiger partial charge in [-0.15, -0.1) is 0 Å². The van der Waals surface area contributed by atoms with E-state index in [-0.39, 0.29) is 23.5 Å². The highest BCUT2D eigenvalue weighted by atomic mass is 19.4. The van der Waals surface area contributed by atoms with Crippen LogP contribution in [0.25, 0.3) is 0 Å². The number of nitriles is 2. The molecule has 0 saturated carbocycles. The smallest absolute Gasteiger partial charge is 0.395 e. The lowest BCUT2D eigenvalue weighted by Gasteiger charge is -2.38. The standard InChI is InChI=1S/C24H19F3N4O3/c1-14-19(13-29)20(16-7-5-15(12-28)6-8-16)21(22(33)30-9-10-32)23(34)31(14)18-4-2-3-17(11-18)24(25,26)27/h2-8,11,20-21,32H,9-10H2,1H3,(H,30,33). The molecular formula is C24H19F3N4O3. The maximum atomic E-state index is 13.6. The molecule has 0 aromatic heterocycles. The molecule has 1 heterocycles. The van der Waals surface area contributed by atoms with Gasteiger partial charge in [0.15, 0.2) is 0 Å². The van der Waals surface area contributed by atoms with Gasteiger partial charge in [-0.2, -0.15) is 23.7 Å². The van der Waals surface area contributed by atoms with Gasteiger partial charge in [-0.1, -0.05) is 18.2 Å². The van der Waals surface area contributed by atoms with Crippen LogP contribution < -0.4 is 10.2 Å². The fourth-order valence-electron chi connectivity index (χ4n) is 3.93. The molecule has 2 N–H and O–H groups in total. The van der Waals surface area contributed by atoms with Crippen molar-refractivity contribution in [1.29, 1.82) is 10.5 Å². The SMILES string of the molecule is CC1=C(C#N)C(c2ccc(C#N)cc2)C(C(=O)NCCO)C(=O)N1c1cccc(C(F)(F)F)c1. The Morgan fingerprint density at radius 2 is 1.82 bits per heavy atom. The number of rotatable bonds is 5. The lowest BCUT2D eigenvalue weighted by atomic mass is 9.75. The average Bonchev–Trinajstić information content (AvgIpc) is 2.82. The summed E-state index contributed by atoms with van der Waals surface area (Å²) in [6.07, 6.45) is -4.66. The van der Waals surface area contributed by atoms with Gasteiger partial charge in [0.1, 0.15) is 5.92 Å². The Morgan fingerprint density at radius 1 is 1.15 bits per heavy atom. The Bertz CT molecular complexity index is 1220. The highest BCUT2D eigenvalue weighted by Crippen LogP contribution is 2.43. The van der Waals surface area contributed by atoms with Crippen molar-refractivity contribution in [3.8, 4) is 12.1 Å². The molecule has 1 aliphatic heterocycles. The molecule has 0 spiro atoms. The summed E-state index contributed by atoms with van der Waals surface area (Å²) in [5.74, 6) is -4.13. The van der Waals surface area contributed by atoms with Gasteiger partial charge < -0.3 is 10.4 Å². The van der Waals surface area contributed by atoms with Gasteiger partial charge in [-0.25, -0.2) is 0 Å². The van der Waals surface area contributed by atoms with Gasteiger partial charge in [-0.3, -0.25) is 14.5 Å². The van der Waals surface area contributed by atoms with Crippen molar-refractivity contribution >= 4 is 17.5 Å². The van der Waals surface area contributed by atoms with E-state index in [0.29, 0.717) is 11.1 Å². The zero-order valence-electron chi connectivity index (χ0n) is 17.9. The summed E-state index contributed by atoms with van der Waals surface area (Å²) >= 11 is 0. The third-order valence-corrected chi connectivity index (χ3v) is 5.50. The number of nitrogens with zero attached hydrogens (tertiary/aromatic N) is 3. The summed E-state index contributed by atoms with van der Waals surface area (Å²) < 4.78 is 39.8. The number of aliphatic hydroxyl groups is 1. The number of aliphatic hydroxyl groups excluding tert-OH is 1. The van der Waals surface area contributed by atoms with E-state index in [1.165, 1.54) is 37.3 Å². The number of amides is 2. The number of anilines is 1. The van der Waals surface area contributed by atoms with Crippen molar-refractivity contribution in [3.05, 3.63) is 76.5 Å². The molecule has 0 aliphatic carbocycles. The number of benzene rings is 2. The molecular weight excluding hydrogens is 449 g/mol. The molecule has 0 fully saturated rings. The maximum absolute atomic E-state index is 13.6. The van der Waals surface area contributed by atoms with Crippen molar-refractivity contribution in [1.82, 2.24) is 5.32 Å². The van der Waals surface area contributed by atoms with Crippen LogP contribution in [0.3, 0.4) is 0 Å². The van der Waals surface area contributed by atoms with Crippen LogP contribution in [-0.4, -0.2) is 30.1 Å². The Labute approximate surface area is 193 Å². The van der Waals surface area contributed by atoms with Crippen LogP contribution in [0.4, 0.5) is 18.9 Å². The van der Waals surface area contributed by atoms with Crippen LogP contribution >= 0.6 is 0 Å². The van der Waals surface area contributed by atoms with Crippen molar-refractivity contribution in [2.45, 2.75) is 19.0 Å². The van der Waals surface area contributed by atoms with Gasteiger partial charge in [-0.05, 0) is 42.8 Å². The number of hydrogen-bond acceptors (Lipinski definition) is 5. The zero-order valence-corrected chi connectivity index (χ0v) is 17.9. The summed E-state index contributed by atoms with van der Waals surface area (Å²) in [7, 11) is 0. The zero-order chi connectivity index (χ0) is 25.0. The number of carbonyl (C=O) groups is 2. The first kappa shape index (κ1) is 24.5. The van der Waals surface area contributed by atoms with E-state index in [4.69, 9.17) is 10.4 Å². The second-order valence-corrected chi connectivity index (χ2v) is 7.54. The van der Waals surface area contributed by atoms with Gasteiger partial charge >= 0.3 is 6.18 Å². The molecule has 2 aromatic rings. The molecule has 0 radical (unpaired) electrons. The van der Waals surface area contributed by atoms with E-state index in [9.17, 15) is 28.0 Å². The molecule has 3 rings (SSSR count). The summed E-state index contributed by atoms with van der Waals surface area (Å²) in [5, 5.41) is 30.5. The molecule has 2 unspecified atom stereocenters. The van der Waals surface area contributed by atoms with Crippen molar-refractivity contribution in [2.24, 2.45) is 5.92 Å². The van der Waals surface area contributed by atoms with Gasteiger partial charge in [0, 0.05) is 23.8 Å². The number of allylic oxidation sites excluding steroid dienone is 2. The third-order valence-electron chi connectivity index (χ3n) is 5.50. The number of hydrogen-bond donors (Lipinski definition) is 2. The number of carbonyl (C=O) groups excluding carboxylic acids is 2. The first-order valence-corrected chi connectivity index (χ1v) is 10.1. The molecule has 2 aromatic carbocycles. The van der Waals surface area contributed by atoms with E-state index in [1.807, 2.05) is 12.1 Å². The highest BCUT2D eigenvalue weighted by Gasteiger charge is 2.46. The second kappa shape index (κ2) is 9.77. The summed E-state index contributed by atoms with van der Waals surface area (Å²) in [6, 6.07) is 14.0. The number of nitrogens with one attached hydrogen (secondary N) is 1. The van der Waals surface area contributed by atoms with Crippen molar-refractivity contribution < 1.29 is 27.9 Å². The van der Waals surface area contributed by atoms with Crippen LogP contribution in [0.15, 0.2) is 59.8 Å². The summed E-state index contributed by atoms with van der Waals surface area (Å²) in [5.41, 5.74) is -0.269.